The Morgan fingerprint density at radius 1 is 1.40 bits per heavy atom. The zero-order valence-electron chi connectivity index (χ0n) is 12.4. The number of hydrogen-bond donors (Lipinski definition) is 1. The fraction of sp³-hybridized carbons (Fsp3) is 0.647. The van der Waals surface area contributed by atoms with Crippen molar-refractivity contribution in [3.63, 3.8) is 0 Å². The van der Waals surface area contributed by atoms with Gasteiger partial charge in [0.15, 0.2) is 11.6 Å². The van der Waals surface area contributed by atoms with Gasteiger partial charge in [-0.05, 0) is 67.7 Å². The number of hydrogen-bond acceptors (Lipinski definition) is 2. The number of methoxy groups -OCH3 is 1. The van der Waals surface area contributed by atoms with Crippen molar-refractivity contribution < 1.29 is 9.13 Å². The van der Waals surface area contributed by atoms with Gasteiger partial charge in [0.05, 0.1) is 7.11 Å². The second-order valence-electron chi connectivity index (χ2n) is 6.62. The molecule has 1 aromatic rings. The third kappa shape index (κ3) is 2.32. The molecule has 2 aliphatic rings. The van der Waals surface area contributed by atoms with Crippen molar-refractivity contribution in [2.45, 2.75) is 32.1 Å². The van der Waals surface area contributed by atoms with Crippen molar-refractivity contribution >= 4 is 0 Å². The van der Waals surface area contributed by atoms with E-state index in [4.69, 9.17) is 4.74 Å². The van der Waals surface area contributed by atoms with Crippen LogP contribution in [0.15, 0.2) is 18.2 Å². The summed E-state index contributed by atoms with van der Waals surface area (Å²) >= 11 is 0. The molecule has 0 spiro atoms. The van der Waals surface area contributed by atoms with Crippen molar-refractivity contribution in [3.8, 4) is 5.75 Å². The minimum atomic E-state index is -0.243. The second kappa shape index (κ2) is 5.36. The van der Waals surface area contributed by atoms with Gasteiger partial charge in [-0.2, -0.15) is 0 Å². The average molecular weight is 277 g/mol. The minimum absolute atomic E-state index is 0.243. The summed E-state index contributed by atoms with van der Waals surface area (Å²) in [5.41, 5.74) is 1.43. The monoisotopic (exact) mass is 277 g/mol. The maximum atomic E-state index is 13.9. The van der Waals surface area contributed by atoms with Crippen LogP contribution in [0.4, 0.5) is 4.39 Å². The summed E-state index contributed by atoms with van der Waals surface area (Å²) in [6, 6.07) is 5.43. The summed E-state index contributed by atoms with van der Waals surface area (Å²) in [6.07, 6.45) is 6.40. The quantitative estimate of drug-likeness (QED) is 0.890. The summed E-state index contributed by atoms with van der Waals surface area (Å²) in [5.74, 6) is 1.80. The standard InChI is InChI=1S/C17H24FNO/c1-19-11-17(9-12-3-5-14(17)7-12)10-13-4-6-16(20-2)15(18)8-13/h4,6,8,12,14,19H,3,5,7,9-11H2,1-2H3. The molecule has 0 heterocycles. The fourth-order valence-electron chi connectivity index (χ4n) is 4.63. The molecule has 20 heavy (non-hydrogen) atoms. The highest BCUT2D eigenvalue weighted by molar-refractivity contribution is 5.30. The van der Waals surface area contributed by atoms with Gasteiger partial charge < -0.3 is 10.1 Å². The molecule has 3 heteroatoms. The molecule has 1 N–H and O–H groups in total. The average Bonchev–Trinajstić information content (AvgIpc) is 3.00. The van der Waals surface area contributed by atoms with Crippen LogP contribution in [0.5, 0.6) is 5.75 Å². The van der Waals surface area contributed by atoms with E-state index in [0.717, 1.165) is 30.4 Å². The number of rotatable bonds is 5. The molecule has 2 nitrogen and oxygen atoms in total. The van der Waals surface area contributed by atoms with Gasteiger partial charge in [-0.25, -0.2) is 4.39 Å². The van der Waals surface area contributed by atoms with Crippen LogP contribution >= 0.6 is 0 Å². The third-order valence-corrected chi connectivity index (χ3v) is 5.40. The fourth-order valence-corrected chi connectivity index (χ4v) is 4.63. The zero-order valence-corrected chi connectivity index (χ0v) is 12.4. The van der Waals surface area contributed by atoms with E-state index in [-0.39, 0.29) is 5.82 Å². The van der Waals surface area contributed by atoms with E-state index < -0.39 is 0 Å². The summed E-state index contributed by atoms with van der Waals surface area (Å²) in [4.78, 5) is 0. The second-order valence-corrected chi connectivity index (χ2v) is 6.62. The lowest BCUT2D eigenvalue weighted by Crippen LogP contribution is -2.39. The highest BCUT2D eigenvalue weighted by Gasteiger charge is 2.50. The van der Waals surface area contributed by atoms with E-state index in [1.54, 1.807) is 12.1 Å². The van der Waals surface area contributed by atoms with Crippen LogP contribution in [0.25, 0.3) is 0 Å². The molecular weight excluding hydrogens is 253 g/mol. The first kappa shape index (κ1) is 13.9. The maximum Gasteiger partial charge on any atom is 0.165 e. The predicted octanol–water partition coefficient (Wildman–Crippen LogP) is 3.40. The number of halogens is 1. The van der Waals surface area contributed by atoms with Crippen LogP contribution in [-0.2, 0) is 6.42 Å². The number of ether oxygens (including phenoxy) is 1. The Morgan fingerprint density at radius 2 is 2.25 bits per heavy atom. The zero-order chi connectivity index (χ0) is 14.2. The summed E-state index contributed by atoms with van der Waals surface area (Å²) in [6.45, 7) is 1.04. The Kier molecular flexibility index (Phi) is 3.72. The molecule has 0 radical (unpaired) electrons. The first-order valence-corrected chi connectivity index (χ1v) is 7.64. The van der Waals surface area contributed by atoms with Gasteiger partial charge in [-0.1, -0.05) is 12.5 Å². The molecule has 0 aromatic heterocycles. The first-order valence-electron chi connectivity index (χ1n) is 7.64. The van der Waals surface area contributed by atoms with E-state index in [0.29, 0.717) is 11.2 Å². The van der Waals surface area contributed by atoms with Crippen molar-refractivity contribution in [1.82, 2.24) is 5.32 Å². The number of nitrogens with one attached hydrogen (secondary N) is 1. The number of fused-ring (bicyclic) bond motifs is 2. The molecule has 110 valence electrons. The van der Waals surface area contributed by atoms with Gasteiger partial charge in [0.25, 0.3) is 0 Å². The molecule has 0 saturated heterocycles. The Balaban J connectivity index is 1.82. The Labute approximate surface area is 120 Å². The molecular formula is C17H24FNO. The Hall–Kier alpha value is -1.09. The Morgan fingerprint density at radius 3 is 2.80 bits per heavy atom. The maximum absolute atomic E-state index is 13.9. The van der Waals surface area contributed by atoms with Gasteiger partial charge in [0.2, 0.25) is 0 Å². The van der Waals surface area contributed by atoms with Crippen LogP contribution in [0.2, 0.25) is 0 Å². The van der Waals surface area contributed by atoms with Gasteiger partial charge in [-0.3, -0.25) is 0 Å². The van der Waals surface area contributed by atoms with Gasteiger partial charge >= 0.3 is 0 Å². The van der Waals surface area contributed by atoms with Crippen LogP contribution in [0, 0.1) is 23.1 Å². The van der Waals surface area contributed by atoms with Crippen LogP contribution in [-0.4, -0.2) is 20.7 Å². The molecule has 3 unspecified atom stereocenters. The number of benzene rings is 1. The van der Waals surface area contributed by atoms with E-state index >= 15 is 0 Å². The van der Waals surface area contributed by atoms with Gasteiger partial charge in [0, 0.05) is 6.54 Å². The summed E-state index contributed by atoms with van der Waals surface area (Å²) in [5, 5.41) is 3.37. The van der Waals surface area contributed by atoms with Crippen LogP contribution in [0.3, 0.4) is 0 Å². The molecule has 2 fully saturated rings. The normalized spacial score (nSPS) is 31.8. The van der Waals surface area contributed by atoms with Gasteiger partial charge in [0.1, 0.15) is 0 Å². The molecule has 2 bridgehead atoms. The van der Waals surface area contributed by atoms with E-state index in [1.165, 1.54) is 32.8 Å². The Bertz CT molecular complexity index is 490. The lowest BCUT2D eigenvalue weighted by Gasteiger charge is -2.38. The molecule has 3 rings (SSSR count). The molecule has 0 amide bonds. The van der Waals surface area contributed by atoms with Crippen molar-refractivity contribution in [1.29, 1.82) is 0 Å². The predicted molar refractivity (Wildman–Crippen MR) is 78.5 cm³/mol. The minimum Gasteiger partial charge on any atom is -0.494 e. The van der Waals surface area contributed by atoms with E-state index in [1.807, 2.05) is 13.1 Å². The largest absolute Gasteiger partial charge is 0.494 e. The first-order chi connectivity index (χ1) is 9.66. The van der Waals surface area contributed by atoms with Crippen LogP contribution < -0.4 is 10.1 Å². The van der Waals surface area contributed by atoms with Crippen LogP contribution in [0.1, 0.15) is 31.2 Å². The third-order valence-electron chi connectivity index (χ3n) is 5.40. The highest BCUT2D eigenvalue weighted by Crippen LogP contribution is 2.57. The smallest absolute Gasteiger partial charge is 0.165 e. The lowest BCUT2D eigenvalue weighted by atomic mass is 9.69. The SMILES string of the molecule is CNCC1(Cc2ccc(OC)c(F)c2)CC2CCC1C2. The van der Waals surface area contributed by atoms with Gasteiger partial charge in [-0.15, -0.1) is 0 Å². The highest BCUT2D eigenvalue weighted by atomic mass is 19.1. The van der Waals surface area contributed by atoms with Crippen molar-refractivity contribution in [2.24, 2.45) is 17.3 Å². The molecule has 1 aromatic carbocycles. The molecule has 2 aliphatic carbocycles. The molecule has 2 saturated carbocycles. The van der Waals surface area contributed by atoms with E-state index in [2.05, 4.69) is 5.32 Å². The molecule has 0 aliphatic heterocycles. The summed E-state index contributed by atoms with van der Waals surface area (Å²) < 4.78 is 18.9. The van der Waals surface area contributed by atoms with Crippen molar-refractivity contribution in [2.75, 3.05) is 20.7 Å². The van der Waals surface area contributed by atoms with E-state index in [9.17, 15) is 4.39 Å². The summed E-state index contributed by atoms with van der Waals surface area (Å²) in [7, 11) is 3.54. The van der Waals surface area contributed by atoms with Crippen molar-refractivity contribution in [3.05, 3.63) is 29.6 Å². The lowest BCUT2D eigenvalue weighted by molar-refractivity contribution is 0.160. The molecule has 3 atom stereocenters. The topological polar surface area (TPSA) is 21.3 Å².